The summed E-state index contributed by atoms with van der Waals surface area (Å²) in [5.41, 5.74) is 2.28. The minimum Gasteiger partial charge on any atom is -0.315 e. The standard InChI is InChI=1S/C15H22N2O/c1-4-11(2)10-16-13-9-15(18)17(3)14-8-6-5-7-12(13)14/h5-8,11,13,16H,4,9-10H2,1-3H3. The fourth-order valence-electron chi connectivity index (χ4n) is 2.31. The second-order valence-corrected chi connectivity index (χ2v) is 5.19. The Morgan fingerprint density at radius 2 is 2.17 bits per heavy atom. The number of fused-ring (bicyclic) bond motifs is 1. The number of hydrogen-bond acceptors (Lipinski definition) is 2. The highest BCUT2D eigenvalue weighted by molar-refractivity contribution is 5.96. The third-order valence-corrected chi connectivity index (χ3v) is 3.84. The van der Waals surface area contributed by atoms with E-state index in [-0.39, 0.29) is 11.9 Å². The predicted octanol–water partition coefficient (Wildman–Crippen LogP) is 2.73. The Labute approximate surface area is 109 Å². The van der Waals surface area contributed by atoms with Gasteiger partial charge in [-0.25, -0.2) is 0 Å². The number of para-hydroxylation sites is 1. The van der Waals surface area contributed by atoms with E-state index in [0.29, 0.717) is 12.3 Å². The van der Waals surface area contributed by atoms with Crippen LogP contribution in [0, 0.1) is 5.92 Å². The number of carbonyl (C=O) groups is 1. The number of benzene rings is 1. The van der Waals surface area contributed by atoms with Crippen molar-refractivity contribution in [3.63, 3.8) is 0 Å². The minimum atomic E-state index is 0.166. The van der Waals surface area contributed by atoms with Crippen LogP contribution < -0.4 is 10.2 Å². The molecule has 2 rings (SSSR count). The zero-order valence-corrected chi connectivity index (χ0v) is 11.4. The van der Waals surface area contributed by atoms with Gasteiger partial charge < -0.3 is 10.2 Å². The Balaban J connectivity index is 2.17. The van der Waals surface area contributed by atoms with Crippen molar-refractivity contribution >= 4 is 11.6 Å². The molecular weight excluding hydrogens is 224 g/mol. The molecule has 98 valence electrons. The largest absolute Gasteiger partial charge is 0.315 e. The molecule has 1 aliphatic heterocycles. The highest BCUT2D eigenvalue weighted by Gasteiger charge is 2.28. The summed E-state index contributed by atoms with van der Waals surface area (Å²) in [6.07, 6.45) is 1.72. The van der Waals surface area contributed by atoms with Gasteiger partial charge in [0.05, 0.1) is 0 Å². The molecule has 3 heteroatoms. The summed E-state index contributed by atoms with van der Waals surface area (Å²) < 4.78 is 0. The van der Waals surface area contributed by atoms with E-state index in [4.69, 9.17) is 0 Å². The number of amides is 1. The molecule has 0 aliphatic carbocycles. The van der Waals surface area contributed by atoms with Crippen molar-refractivity contribution in [3.05, 3.63) is 29.8 Å². The van der Waals surface area contributed by atoms with E-state index in [2.05, 4.69) is 25.2 Å². The maximum absolute atomic E-state index is 12.0. The van der Waals surface area contributed by atoms with Crippen LogP contribution in [0.1, 0.15) is 38.3 Å². The molecule has 0 aromatic heterocycles. The lowest BCUT2D eigenvalue weighted by atomic mass is 9.95. The molecule has 0 fully saturated rings. The van der Waals surface area contributed by atoms with Gasteiger partial charge in [0.2, 0.25) is 5.91 Å². The lowest BCUT2D eigenvalue weighted by Gasteiger charge is -2.32. The van der Waals surface area contributed by atoms with Crippen LogP contribution in [0.4, 0.5) is 5.69 Å². The van der Waals surface area contributed by atoms with Crippen LogP contribution in [-0.4, -0.2) is 19.5 Å². The highest BCUT2D eigenvalue weighted by atomic mass is 16.2. The molecule has 1 aromatic rings. The lowest BCUT2D eigenvalue weighted by molar-refractivity contribution is -0.119. The minimum absolute atomic E-state index is 0.166. The van der Waals surface area contributed by atoms with Gasteiger partial charge in [0.15, 0.2) is 0 Å². The Kier molecular flexibility index (Phi) is 4.02. The summed E-state index contributed by atoms with van der Waals surface area (Å²) in [7, 11) is 1.85. The molecule has 0 radical (unpaired) electrons. The summed E-state index contributed by atoms with van der Waals surface area (Å²) in [5, 5.41) is 3.53. The van der Waals surface area contributed by atoms with Crippen molar-refractivity contribution in [1.82, 2.24) is 5.32 Å². The molecule has 3 nitrogen and oxygen atoms in total. The predicted molar refractivity (Wildman–Crippen MR) is 74.7 cm³/mol. The van der Waals surface area contributed by atoms with Crippen LogP contribution in [-0.2, 0) is 4.79 Å². The van der Waals surface area contributed by atoms with E-state index in [0.717, 1.165) is 18.7 Å². The van der Waals surface area contributed by atoms with Crippen LogP contribution in [0.25, 0.3) is 0 Å². The van der Waals surface area contributed by atoms with Gasteiger partial charge in [-0.15, -0.1) is 0 Å². The third-order valence-electron chi connectivity index (χ3n) is 3.84. The van der Waals surface area contributed by atoms with Crippen LogP contribution >= 0.6 is 0 Å². The monoisotopic (exact) mass is 246 g/mol. The fourth-order valence-corrected chi connectivity index (χ4v) is 2.31. The van der Waals surface area contributed by atoms with E-state index in [1.54, 1.807) is 4.90 Å². The first-order valence-electron chi connectivity index (χ1n) is 6.72. The topological polar surface area (TPSA) is 32.3 Å². The van der Waals surface area contributed by atoms with Gasteiger partial charge >= 0.3 is 0 Å². The first-order chi connectivity index (χ1) is 8.63. The fraction of sp³-hybridized carbons (Fsp3) is 0.533. The van der Waals surface area contributed by atoms with Gasteiger partial charge in [-0.05, 0) is 24.1 Å². The molecule has 1 aromatic carbocycles. The normalized spacial score (nSPS) is 20.7. The van der Waals surface area contributed by atoms with Gasteiger partial charge in [-0.1, -0.05) is 38.5 Å². The molecule has 2 unspecified atom stereocenters. The number of nitrogens with zero attached hydrogens (tertiary/aromatic N) is 1. The van der Waals surface area contributed by atoms with Crippen molar-refractivity contribution in [1.29, 1.82) is 0 Å². The van der Waals surface area contributed by atoms with Crippen LogP contribution in [0.2, 0.25) is 0 Å². The van der Waals surface area contributed by atoms with Crippen molar-refractivity contribution < 1.29 is 4.79 Å². The zero-order valence-electron chi connectivity index (χ0n) is 11.4. The van der Waals surface area contributed by atoms with E-state index in [9.17, 15) is 4.79 Å². The second-order valence-electron chi connectivity index (χ2n) is 5.19. The summed E-state index contributed by atoms with van der Waals surface area (Å²) >= 11 is 0. The average molecular weight is 246 g/mol. The molecule has 1 N–H and O–H groups in total. The molecule has 0 spiro atoms. The van der Waals surface area contributed by atoms with Gasteiger partial charge in [0, 0.05) is 25.2 Å². The Morgan fingerprint density at radius 1 is 1.44 bits per heavy atom. The second kappa shape index (κ2) is 5.53. The van der Waals surface area contributed by atoms with Crippen molar-refractivity contribution in [2.75, 3.05) is 18.5 Å². The summed E-state index contributed by atoms with van der Waals surface area (Å²) in [6, 6.07) is 8.33. The van der Waals surface area contributed by atoms with Gasteiger partial charge in [0.1, 0.15) is 0 Å². The van der Waals surface area contributed by atoms with Crippen molar-refractivity contribution in [2.45, 2.75) is 32.7 Å². The maximum atomic E-state index is 12.0. The van der Waals surface area contributed by atoms with Crippen LogP contribution in [0.15, 0.2) is 24.3 Å². The van der Waals surface area contributed by atoms with E-state index < -0.39 is 0 Å². The first-order valence-corrected chi connectivity index (χ1v) is 6.72. The molecule has 1 heterocycles. The smallest absolute Gasteiger partial charge is 0.228 e. The van der Waals surface area contributed by atoms with Crippen molar-refractivity contribution in [2.24, 2.45) is 5.92 Å². The van der Waals surface area contributed by atoms with Crippen LogP contribution in [0.5, 0.6) is 0 Å². The number of hydrogen-bond donors (Lipinski definition) is 1. The van der Waals surface area contributed by atoms with Gasteiger partial charge in [0.25, 0.3) is 0 Å². The average Bonchev–Trinajstić information content (AvgIpc) is 2.41. The highest BCUT2D eigenvalue weighted by Crippen LogP contribution is 2.33. The summed E-state index contributed by atoms with van der Waals surface area (Å²) in [5.74, 6) is 0.835. The zero-order chi connectivity index (χ0) is 13.1. The molecule has 2 atom stereocenters. The lowest BCUT2D eigenvalue weighted by Crippen LogP contribution is -2.38. The Morgan fingerprint density at radius 3 is 2.89 bits per heavy atom. The van der Waals surface area contributed by atoms with Crippen LogP contribution in [0.3, 0.4) is 0 Å². The Hall–Kier alpha value is -1.35. The summed E-state index contributed by atoms with van der Waals surface area (Å²) in [6.45, 7) is 5.39. The van der Waals surface area contributed by atoms with Gasteiger partial charge in [-0.3, -0.25) is 4.79 Å². The van der Waals surface area contributed by atoms with Gasteiger partial charge in [-0.2, -0.15) is 0 Å². The Bertz CT molecular complexity index is 430. The maximum Gasteiger partial charge on any atom is 0.228 e. The number of nitrogens with one attached hydrogen (secondary N) is 1. The van der Waals surface area contributed by atoms with E-state index in [1.807, 2.05) is 25.2 Å². The molecule has 0 saturated carbocycles. The van der Waals surface area contributed by atoms with E-state index >= 15 is 0 Å². The molecule has 0 saturated heterocycles. The molecule has 18 heavy (non-hydrogen) atoms. The molecule has 0 bridgehead atoms. The third kappa shape index (κ3) is 2.56. The SMILES string of the molecule is CCC(C)CNC1CC(=O)N(C)c2ccccc21. The molecule has 1 aliphatic rings. The quantitative estimate of drug-likeness (QED) is 0.886. The summed E-state index contributed by atoms with van der Waals surface area (Å²) in [4.78, 5) is 13.7. The van der Waals surface area contributed by atoms with E-state index in [1.165, 1.54) is 5.56 Å². The number of carbonyl (C=O) groups excluding carboxylic acids is 1. The number of anilines is 1. The number of rotatable bonds is 4. The first kappa shape index (κ1) is 13.1. The molecular formula is C15H22N2O. The van der Waals surface area contributed by atoms with Crippen molar-refractivity contribution in [3.8, 4) is 0 Å². The molecule has 1 amide bonds.